The molecule has 0 fully saturated rings. The minimum atomic E-state index is -0.926. The maximum atomic E-state index is 11.1. The molecule has 1 heterocycles. The fourth-order valence-electron chi connectivity index (χ4n) is 1.73. The molecule has 0 radical (unpaired) electrons. The lowest BCUT2D eigenvalue weighted by molar-refractivity contribution is 0.0686. The first-order valence-corrected chi connectivity index (χ1v) is 5.53. The monoisotopic (exact) mass is 279 g/mol. The highest BCUT2D eigenvalue weighted by atomic mass is 79.9. The second kappa shape index (κ2) is 4.14. The number of allylic oxidation sites excluding steroid dienone is 1. The number of aromatic carboxylic acids is 1. The Bertz CT molecular complexity index is 571. The molecule has 4 heteroatoms. The molecule has 82 valence electrons. The number of rotatable bonds is 3. The summed E-state index contributed by atoms with van der Waals surface area (Å²) in [7, 11) is 0. The second-order valence-electron chi connectivity index (χ2n) is 3.50. The molecular formula is C12H10BrNO2. The third kappa shape index (κ3) is 1.88. The Morgan fingerprint density at radius 2 is 2.12 bits per heavy atom. The molecule has 0 spiro atoms. The maximum absolute atomic E-state index is 11.1. The van der Waals surface area contributed by atoms with E-state index in [1.165, 1.54) is 0 Å². The zero-order chi connectivity index (χ0) is 11.7. The number of hydrogen-bond acceptors (Lipinski definition) is 1. The molecule has 0 saturated carbocycles. The second-order valence-corrected chi connectivity index (χ2v) is 4.62. The van der Waals surface area contributed by atoms with Gasteiger partial charge in [0.25, 0.3) is 0 Å². The average molecular weight is 280 g/mol. The van der Waals surface area contributed by atoms with Gasteiger partial charge in [0, 0.05) is 15.4 Å². The number of carboxylic acid groups (broad SMARTS) is 1. The van der Waals surface area contributed by atoms with Crippen molar-refractivity contribution in [3.8, 4) is 0 Å². The lowest BCUT2D eigenvalue weighted by atomic mass is 10.2. The molecule has 2 aromatic rings. The van der Waals surface area contributed by atoms with E-state index in [1.54, 1.807) is 10.6 Å². The normalized spacial score (nSPS) is 10.6. The van der Waals surface area contributed by atoms with Gasteiger partial charge < -0.3 is 9.67 Å². The highest BCUT2D eigenvalue weighted by molar-refractivity contribution is 9.11. The van der Waals surface area contributed by atoms with Crippen LogP contribution in [-0.4, -0.2) is 15.6 Å². The Kier molecular flexibility index (Phi) is 2.83. The van der Waals surface area contributed by atoms with E-state index in [0.717, 1.165) is 15.4 Å². The van der Waals surface area contributed by atoms with Crippen molar-refractivity contribution in [2.75, 3.05) is 0 Å². The number of aromatic nitrogens is 1. The van der Waals surface area contributed by atoms with Gasteiger partial charge in [-0.05, 0) is 12.1 Å². The van der Waals surface area contributed by atoms with Crippen molar-refractivity contribution in [3.05, 3.63) is 47.1 Å². The van der Waals surface area contributed by atoms with Gasteiger partial charge in [0.15, 0.2) is 0 Å². The molecule has 2 rings (SSSR count). The molecule has 16 heavy (non-hydrogen) atoms. The Labute approximate surface area is 101 Å². The molecular weight excluding hydrogens is 270 g/mol. The summed E-state index contributed by atoms with van der Waals surface area (Å²) >= 11 is 3.26. The van der Waals surface area contributed by atoms with Crippen molar-refractivity contribution in [2.24, 2.45) is 0 Å². The number of benzene rings is 1. The largest absolute Gasteiger partial charge is 0.477 e. The first-order chi connectivity index (χ1) is 7.59. The minimum Gasteiger partial charge on any atom is -0.477 e. The number of nitrogens with zero attached hydrogens (tertiary/aromatic N) is 1. The number of carboxylic acids is 1. The van der Waals surface area contributed by atoms with Crippen LogP contribution in [0, 0.1) is 0 Å². The fraction of sp³-hybridized carbons (Fsp3) is 0.0833. The van der Waals surface area contributed by atoms with E-state index in [0.29, 0.717) is 6.54 Å². The van der Waals surface area contributed by atoms with Gasteiger partial charge >= 0.3 is 5.97 Å². The van der Waals surface area contributed by atoms with Crippen LogP contribution >= 0.6 is 15.9 Å². The van der Waals surface area contributed by atoms with Crippen LogP contribution in [0.15, 0.2) is 41.4 Å². The summed E-state index contributed by atoms with van der Waals surface area (Å²) in [5.74, 6) is -0.926. The molecule has 0 aliphatic heterocycles. The predicted molar refractivity (Wildman–Crippen MR) is 67.0 cm³/mol. The van der Waals surface area contributed by atoms with E-state index < -0.39 is 5.97 Å². The summed E-state index contributed by atoms with van der Waals surface area (Å²) in [5, 5.41) is 10.0. The number of para-hydroxylation sites is 1. The highest BCUT2D eigenvalue weighted by Crippen LogP contribution is 2.21. The molecule has 0 bridgehead atoms. The van der Waals surface area contributed by atoms with E-state index in [2.05, 4.69) is 22.5 Å². The lowest BCUT2D eigenvalue weighted by Gasteiger charge is -2.06. The quantitative estimate of drug-likeness (QED) is 0.937. The van der Waals surface area contributed by atoms with Crippen molar-refractivity contribution in [1.82, 2.24) is 4.57 Å². The molecule has 0 aliphatic carbocycles. The summed E-state index contributed by atoms with van der Waals surface area (Å²) in [6.45, 7) is 4.19. The van der Waals surface area contributed by atoms with Crippen LogP contribution in [0.25, 0.3) is 10.9 Å². The summed E-state index contributed by atoms with van der Waals surface area (Å²) in [5.41, 5.74) is 1.18. The molecule has 0 unspecified atom stereocenters. The van der Waals surface area contributed by atoms with Gasteiger partial charge in [-0.25, -0.2) is 4.79 Å². The van der Waals surface area contributed by atoms with E-state index in [9.17, 15) is 4.79 Å². The van der Waals surface area contributed by atoms with Gasteiger partial charge in [-0.2, -0.15) is 0 Å². The average Bonchev–Trinajstić information content (AvgIpc) is 2.57. The van der Waals surface area contributed by atoms with Crippen LogP contribution in [0.1, 0.15) is 10.5 Å². The van der Waals surface area contributed by atoms with Gasteiger partial charge in [-0.3, -0.25) is 0 Å². The summed E-state index contributed by atoms with van der Waals surface area (Å²) in [6, 6.07) is 9.25. The van der Waals surface area contributed by atoms with E-state index in [4.69, 9.17) is 5.11 Å². The van der Waals surface area contributed by atoms with Gasteiger partial charge in [-0.15, -0.1) is 0 Å². The number of halogens is 1. The topological polar surface area (TPSA) is 42.2 Å². The van der Waals surface area contributed by atoms with E-state index in [-0.39, 0.29) is 5.69 Å². The third-order valence-corrected chi connectivity index (χ3v) is 2.61. The van der Waals surface area contributed by atoms with Crippen LogP contribution in [-0.2, 0) is 6.54 Å². The van der Waals surface area contributed by atoms with Crippen molar-refractivity contribution in [3.63, 3.8) is 0 Å². The smallest absolute Gasteiger partial charge is 0.352 e. The predicted octanol–water partition coefficient (Wildman–Crippen LogP) is 3.25. The summed E-state index contributed by atoms with van der Waals surface area (Å²) in [4.78, 5) is 11.1. The molecule has 0 aliphatic rings. The first-order valence-electron chi connectivity index (χ1n) is 4.74. The van der Waals surface area contributed by atoms with Crippen LogP contribution in [0.2, 0.25) is 0 Å². The standard InChI is InChI=1S/C12H10BrNO2/c1-8(13)7-14-10-5-3-2-4-9(10)6-11(14)12(15)16/h2-6H,1,7H2,(H,15,16). The minimum absolute atomic E-state index is 0.279. The van der Waals surface area contributed by atoms with Gasteiger partial charge in [0.2, 0.25) is 0 Å². The van der Waals surface area contributed by atoms with Crippen LogP contribution in [0.3, 0.4) is 0 Å². The molecule has 0 saturated heterocycles. The molecule has 1 N–H and O–H groups in total. The Morgan fingerprint density at radius 3 is 2.75 bits per heavy atom. The number of carbonyl (C=O) groups is 1. The zero-order valence-electron chi connectivity index (χ0n) is 8.48. The Hall–Kier alpha value is -1.55. The molecule has 1 aromatic carbocycles. The molecule has 0 atom stereocenters. The van der Waals surface area contributed by atoms with E-state index in [1.807, 2.05) is 24.3 Å². The SMILES string of the molecule is C=C(Br)Cn1c(C(=O)O)cc2ccccc21. The highest BCUT2D eigenvalue weighted by Gasteiger charge is 2.13. The Morgan fingerprint density at radius 1 is 1.44 bits per heavy atom. The lowest BCUT2D eigenvalue weighted by Crippen LogP contribution is -2.08. The maximum Gasteiger partial charge on any atom is 0.352 e. The van der Waals surface area contributed by atoms with Crippen LogP contribution < -0.4 is 0 Å². The summed E-state index contributed by atoms with van der Waals surface area (Å²) < 4.78 is 2.48. The third-order valence-electron chi connectivity index (χ3n) is 2.36. The van der Waals surface area contributed by atoms with Gasteiger partial charge in [-0.1, -0.05) is 40.7 Å². The first kappa shape index (κ1) is 11.0. The van der Waals surface area contributed by atoms with Gasteiger partial charge in [0.05, 0.1) is 6.54 Å². The van der Waals surface area contributed by atoms with Crippen molar-refractivity contribution < 1.29 is 9.90 Å². The zero-order valence-corrected chi connectivity index (χ0v) is 10.1. The van der Waals surface area contributed by atoms with Crippen LogP contribution in [0.4, 0.5) is 0 Å². The van der Waals surface area contributed by atoms with E-state index >= 15 is 0 Å². The van der Waals surface area contributed by atoms with Crippen molar-refractivity contribution >= 4 is 32.8 Å². The summed E-state index contributed by atoms with van der Waals surface area (Å²) in [6.07, 6.45) is 0. The molecule has 3 nitrogen and oxygen atoms in total. The molecule has 0 amide bonds. The Balaban J connectivity index is 2.69. The van der Waals surface area contributed by atoms with Crippen molar-refractivity contribution in [1.29, 1.82) is 0 Å². The number of fused-ring (bicyclic) bond motifs is 1. The van der Waals surface area contributed by atoms with Gasteiger partial charge in [0.1, 0.15) is 5.69 Å². The van der Waals surface area contributed by atoms with Crippen molar-refractivity contribution in [2.45, 2.75) is 6.54 Å². The van der Waals surface area contributed by atoms with Crippen LogP contribution in [0.5, 0.6) is 0 Å². The number of hydrogen-bond donors (Lipinski definition) is 1. The molecule has 1 aromatic heterocycles. The fourth-order valence-corrected chi connectivity index (χ4v) is 1.98.